The summed E-state index contributed by atoms with van der Waals surface area (Å²) < 4.78 is 22.3. The number of amides is 1. The Morgan fingerprint density at radius 3 is 2.65 bits per heavy atom. The summed E-state index contributed by atoms with van der Waals surface area (Å²) in [7, 11) is -1.86. The fourth-order valence-corrected chi connectivity index (χ4v) is 3.32. The van der Waals surface area contributed by atoms with Crippen molar-refractivity contribution < 1.29 is 13.2 Å². The Kier molecular flexibility index (Phi) is 3.24. The maximum Gasteiger partial charge on any atom is 0.247 e. The molecule has 0 atom stereocenters. The lowest BCUT2D eigenvalue weighted by atomic mass is 10.3. The number of nitrogens with two attached hydrogens (primary N) is 1. The van der Waals surface area contributed by atoms with Gasteiger partial charge in [-0.15, -0.1) is 11.3 Å². The number of sulfonamides is 1. The van der Waals surface area contributed by atoms with Crippen molar-refractivity contribution in [2.24, 2.45) is 5.14 Å². The summed E-state index contributed by atoms with van der Waals surface area (Å²) in [6.45, 7) is 0. The number of hydrogen-bond acceptors (Lipinski definition) is 4. The Balaban J connectivity index is 2.04. The fraction of sp³-hybridized carbons (Fsp3) is 0.500. The molecule has 0 radical (unpaired) electrons. The molecule has 1 heterocycles. The van der Waals surface area contributed by atoms with Gasteiger partial charge < -0.3 is 4.90 Å². The van der Waals surface area contributed by atoms with E-state index in [1.807, 2.05) is 0 Å². The summed E-state index contributed by atoms with van der Waals surface area (Å²) in [5.41, 5.74) is 0. The normalized spacial score (nSPS) is 15.9. The fourth-order valence-electron chi connectivity index (χ4n) is 1.55. The molecule has 0 aromatic carbocycles. The largest absolute Gasteiger partial charge is 0.342 e. The minimum atomic E-state index is -3.65. The van der Waals surface area contributed by atoms with E-state index in [1.54, 1.807) is 18.0 Å². The first-order chi connectivity index (χ1) is 7.88. The molecule has 1 aromatic rings. The number of thiophene rings is 1. The van der Waals surface area contributed by atoms with E-state index < -0.39 is 10.0 Å². The van der Waals surface area contributed by atoms with Gasteiger partial charge in [0.05, 0.1) is 6.42 Å². The maximum atomic E-state index is 11.8. The van der Waals surface area contributed by atoms with E-state index in [1.165, 1.54) is 6.07 Å². The van der Waals surface area contributed by atoms with Crippen molar-refractivity contribution in [1.82, 2.24) is 4.90 Å². The smallest absolute Gasteiger partial charge is 0.247 e. The third-order valence-corrected chi connectivity index (χ3v) is 5.25. The molecule has 0 aliphatic heterocycles. The zero-order valence-corrected chi connectivity index (χ0v) is 11.1. The van der Waals surface area contributed by atoms with E-state index >= 15 is 0 Å². The Labute approximate surface area is 104 Å². The van der Waals surface area contributed by atoms with Gasteiger partial charge in [0, 0.05) is 18.0 Å². The minimum absolute atomic E-state index is 0.0234. The van der Waals surface area contributed by atoms with Gasteiger partial charge in [-0.3, -0.25) is 4.79 Å². The summed E-state index contributed by atoms with van der Waals surface area (Å²) in [6, 6.07) is 3.46. The van der Waals surface area contributed by atoms with Crippen LogP contribution in [0.4, 0.5) is 0 Å². The summed E-state index contributed by atoms with van der Waals surface area (Å²) in [4.78, 5) is 14.3. The highest BCUT2D eigenvalue weighted by molar-refractivity contribution is 7.91. The minimum Gasteiger partial charge on any atom is -0.342 e. The van der Waals surface area contributed by atoms with E-state index in [0.717, 1.165) is 29.1 Å². The Morgan fingerprint density at radius 2 is 2.18 bits per heavy atom. The number of nitrogens with zero attached hydrogens (tertiary/aromatic N) is 1. The lowest BCUT2D eigenvalue weighted by Crippen LogP contribution is -2.29. The molecular weight excluding hydrogens is 260 g/mol. The molecule has 1 saturated carbocycles. The van der Waals surface area contributed by atoms with Crippen molar-refractivity contribution in [3.05, 3.63) is 17.0 Å². The third-order valence-electron chi connectivity index (χ3n) is 2.73. The van der Waals surface area contributed by atoms with Gasteiger partial charge in [0.15, 0.2) is 0 Å². The molecule has 1 fully saturated rings. The average molecular weight is 274 g/mol. The van der Waals surface area contributed by atoms with Crippen molar-refractivity contribution in [2.75, 3.05) is 7.05 Å². The van der Waals surface area contributed by atoms with Gasteiger partial charge in [0.25, 0.3) is 0 Å². The average Bonchev–Trinajstić information content (AvgIpc) is 2.96. The van der Waals surface area contributed by atoms with Gasteiger partial charge in [-0.2, -0.15) is 0 Å². The lowest BCUT2D eigenvalue weighted by Gasteiger charge is -2.15. The number of likely N-dealkylation sites (N-methyl/N-ethyl adjacent to an activating group) is 1. The standard InChI is InChI=1S/C10H14N2O3S2/c1-12(7-2-3-7)9(13)6-8-4-5-10(16-8)17(11,14)15/h4-5,7H,2-3,6H2,1H3,(H2,11,14,15). The number of carbonyl (C=O) groups excluding carboxylic acids is 1. The van der Waals surface area contributed by atoms with Crippen LogP contribution in [0.3, 0.4) is 0 Å². The highest BCUT2D eigenvalue weighted by Crippen LogP contribution is 2.27. The third kappa shape index (κ3) is 3.05. The van der Waals surface area contributed by atoms with Crippen LogP contribution in [-0.2, 0) is 21.2 Å². The first-order valence-electron chi connectivity index (χ1n) is 5.25. The molecule has 5 nitrogen and oxygen atoms in total. The number of rotatable bonds is 4. The van der Waals surface area contributed by atoms with Crippen LogP contribution in [0.25, 0.3) is 0 Å². The van der Waals surface area contributed by atoms with E-state index in [2.05, 4.69) is 0 Å². The molecule has 1 aromatic heterocycles. The van der Waals surface area contributed by atoms with Crippen LogP contribution in [0.1, 0.15) is 17.7 Å². The molecule has 2 rings (SSSR count). The molecule has 0 spiro atoms. The summed E-state index contributed by atoms with van der Waals surface area (Å²) >= 11 is 1.06. The summed E-state index contributed by atoms with van der Waals surface area (Å²) in [5, 5.41) is 5.01. The van der Waals surface area contributed by atoms with Crippen molar-refractivity contribution in [2.45, 2.75) is 29.5 Å². The zero-order chi connectivity index (χ0) is 12.6. The number of carbonyl (C=O) groups is 1. The number of hydrogen-bond donors (Lipinski definition) is 1. The van der Waals surface area contributed by atoms with Crippen LogP contribution >= 0.6 is 11.3 Å². The molecule has 0 unspecified atom stereocenters. The highest BCUT2D eigenvalue weighted by atomic mass is 32.2. The Bertz CT molecular complexity index is 532. The van der Waals surface area contributed by atoms with E-state index in [-0.39, 0.29) is 16.5 Å². The molecular formula is C10H14N2O3S2. The first kappa shape index (κ1) is 12.5. The van der Waals surface area contributed by atoms with E-state index in [0.29, 0.717) is 6.04 Å². The van der Waals surface area contributed by atoms with Crippen LogP contribution in [-0.4, -0.2) is 32.3 Å². The van der Waals surface area contributed by atoms with Gasteiger partial charge >= 0.3 is 0 Å². The molecule has 2 N–H and O–H groups in total. The SMILES string of the molecule is CN(C(=O)Cc1ccc(S(N)(=O)=O)s1)C1CC1. The monoisotopic (exact) mass is 274 g/mol. The van der Waals surface area contributed by atoms with E-state index in [9.17, 15) is 13.2 Å². The van der Waals surface area contributed by atoms with Gasteiger partial charge in [-0.1, -0.05) is 0 Å². The topological polar surface area (TPSA) is 80.5 Å². The summed E-state index contributed by atoms with van der Waals surface area (Å²) in [6.07, 6.45) is 2.37. The predicted octanol–water partition coefficient (Wildman–Crippen LogP) is 0.559. The molecule has 0 bridgehead atoms. The maximum absolute atomic E-state index is 11.8. The second-order valence-corrected chi connectivity index (χ2v) is 7.13. The zero-order valence-electron chi connectivity index (χ0n) is 9.42. The van der Waals surface area contributed by atoms with Crippen molar-refractivity contribution in [3.8, 4) is 0 Å². The summed E-state index contributed by atoms with van der Waals surface area (Å²) in [5.74, 6) is 0.0234. The highest BCUT2D eigenvalue weighted by Gasteiger charge is 2.29. The van der Waals surface area contributed by atoms with Crippen molar-refractivity contribution in [1.29, 1.82) is 0 Å². The molecule has 0 saturated heterocycles. The van der Waals surface area contributed by atoms with Crippen molar-refractivity contribution in [3.63, 3.8) is 0 Å². The van der Waals surface area contributed by atoms with Crippen LogP contribution < -0.4 is 5.14 Å². The van der Waals surface area contributed by atoms with Gasteiger partial charge in [-0.05, 0) is 25.0 Å². The number of primary sulfonamides is 1. The van der Waals surface area contributed by atoms with Crippen molar-refractivity contribution >= 4 is 27.3 Å². The quantitative estimate of drug-likeness (QED) is 0.871. The predicted molar refractivity (Wildman–Crippen MR) is 65.2 cm³/mol. The van der Waals surface area contributed by atoms with Crippen LogP contribution in [0.15, 0.2) is 16.3 Å². The molecule has 1 aliphatic rings. The first-order valence-corrected chi connectivity index (χ1v) is 7.61. The van der Waals surface area contributed by atoms with Gasteiger partial charge in [0.1, 0.15) is 4.21 Å². The molecule has 1 amide bonds. The lowest BCUT2D eigenvalue weighted by molar-refractivity contribution is -0.129. The van der Waals surface area contributed by atoms with Crippen LogP contribution in [0.5, 0.6) is 0 Å². The molecule has 17 heavy (non-hydrogen) atoms. The second-order valence-electron chi connectivity index (χ2n) is 4.18. The Hall–Kier alpha value is -0.920. The van der Waals surface area contributed by atoms with Gasteiger partial charge in [-0.25, -0.2) is 13.6 Å². The second kappa shape index (κ2) is 4.40. The van der Waals surface area contributed by atoms with E-state index in [4.69, 9.17) is 5.14 Å². The van der Waals surface area contributed by atoms with Crippen LogP contribution in [0.2, 0.25) is 0 Å². The van der Waals surface area contributed by atoms with Gasteiger partial charge in [0.2, 0.25) is 15.9 Å². The van der Waals surface area contributed by atoms with Crippen LogP contribution in [0, 0.1) is 0 Å². The Morgan fingerprint density at radius 1 is 1.53 bits per heavy atom. The molecule has 94 valence electrons. The molecule has 1 aliphatic carbocycles. The molecule has 7 heteroatoms.